The Hall–Kier alpha value is -2.93. The van der Waals surface area contributed by atoms with Crippen LogP contribution in [0.1, 0.15) is 44.9 Å². The summed E-state index contributed by atoms with van der Waals surface area (Å²) >= 11 is 0. The predicted octanol–water partition coefficient (Wildman–Crippen LogP) is -0.835. The lowest BCUT2D eigenvalue weighted by Crippen LogP contribution is -2.42. The number of nitrogens with one attached hydrogen (secondary N) is 3. The molecular weight excluding hydrogens is 438 g/mol. The first-order valence-corrected chi connectivity index (χ1v) is 12.0. The second-order valence-corrected chi connectivity index (χ2v) is 9.12. The third kappa shape index (κ3) is 8.67. The first-order valence-electron chi connectivity index (χ1n) is 10.5. The Morgan fingerprint density at radius 2 is 2.00 bits per heavy atom. The molecule has 1 amide bonds. The van der Waals surface area contributed by atoms with Gasteiger partial charge in [0, 0.05) is 18.8 Å². The lowest BCUT2D eigenvalue weighted by molar-refractivity contribution is -0.124. The number of hydrogen-bond acceptors (Lipinski definition) is 6. The van der Waals surface area contributed by atoms with E-state index in [0.29, 0.717) is 25.7 Å². The van der Waals surface area contributed by atoms with Gasteiger partial charge in [0.15, 0.2) is 5.96 Å². The summed E-state index contributed by atoms with van der Waals surface area (Å²) in [6, 6.07) is 1.87. The summed E-state index contributed by atoms with van der Waals surface area (Å²) < 4.78 is 30.7. The highest BCUT2D eigenvalue weighted by atomic mass is 32.2. The molecule has 0 saturated heterocycles. The van der Waals surface area contributed by atoms with Crippen molar-refractivity contribution in [2.45, 2.75) is 63.6 Å². The molecule has 0 radical (unpaired) electrons. The number of rotatable bonds is 12. The van der Waals surface area contributed by atoms with Crippen LogP contribution in [0.4, 0.5) is 5.69 Å². The molecule has 1 atom stereocenters. The van der Waals surface area contributed by atoms with Gasteiger partial charge in [0.25, 0.3) is 15.8 Å². The second-order valence-electron chi connectivity index (χ2n) is 7.67. The summed E-state index contributed by atoms with van der Waals surface area (Å²) in [4.78, 5) is 39.9. The first-order chi connectivity index (χ1) is 15.2. The molecule has 1 aromatic rings. The number of hydrogen-bond donors (Lipinski definition) is 5. The Morgan fingerprint density at radius 3 is 2.66 bits per heavy atom. The molecule has 0 aliphatic heterocycles. The van der Waals surface area contributed by atoms with Gasteiger partial charge in [-0.05, 0) is 37.8 Å². The van der Waals surface area contributed by atoms with Crippen molar-refractivity contribution in [1.82, 2.24) is 14.6 Å². The minimum atomic E-state index is -3.93. The van der Waals surface area contributed by atoms with Crippen molar-refractivity contribution in [2.24, 2.45) is 16.5 Å². The molecule has 1 aromatic heterocycles. The lowest BCUT2D eigenvalue weighted by atomic mass is 9.96. The van der Waals surface area contributed by atoms with E-state index in [1.54, 1.807) is 0 Å². The highest BCUT2D eigenvalue weighted by Gasteiger charge is 2.21. The fraction of sp³-hybridized carbons (Fsp3) is 0.579. The van der Waals surface area contributed by atoms with Crippen molar-refractivity contribution in [3.05, 3.63) is 28.7 Å². The van der Waals surface area contributed by atoms with Gasteiger partial charge in [-0.2, -0.15) is 13.1 Å². The van der Waals surface area contributed by atoms with Crippen LogP contribution >= 0.6 is 0 Å². The molecule has 0 bridgehead atoms. The molecular formula is C19H31N7O5S. The second kappa shape index (κ2) is 12.2. The van der Waals surface area contributed by atoms with E-state index in [-0.39, 0.29) is 24.2 Å². The zero-order valence-corrected chi connectivity index (χ0v) is 18.6. The van der Waals surface area contributed by atoms with E-state index >= 15 is 0 Å². The Balaban J connectivity index is 1.95. The molecule has 1 unspecified atom stereocenters. The van der Waals surface area contributed by atoms with Crippen molar-refractivity contribution in [1.29, 1.82) is 0 Å². The summed E-state index contributed by atoms with van der Waals surface area (Å²) in [5.74, 6) is -0.619. The van der Waals surface area contributed by atoms with E-state index in [0.717, 1.165) is 36.7 Å². The minimum Gasteiger partial charge on any atom is -0.370 e. The van der Waals surface area contributed by atoms with Crippen molar-refractivity contribution < 1.29 is 18.0 Å². The van der Waals surface area contributed by atoms with Gasteiger partial charge < -0.3 is 26.1 Å². The fourth-order valence-electron chi connectivity index (χ4n) is 3.45. The van der Waals surface area contributed by atoms with Gasteiger partial charge in [-0.15, -0.1) is 0 Å². The molecule has 2 rings (SSSR count). The molecule has 7 N–H and O–H groups in total. The van der Waals surface area contributed by atoms with Crippen molar-refractivity contribution in [3.63, 3.8) is 0 Å². The molecule has 1 aliphatic rings. The van der Waals surface area contributed by atoms with Gasteiger partial charge in [-0.1, -0.05) is 19.3 Å². The number of anilines is 1. The van der Waals surface area contributed by atoms with Crippen LogP contribution in [-0.2, 0) is 26.3 Å². The molecule has 178 valence electrons. The standard InChI is InChI=1S/C19H31N7O5S/c20-19(21)22-10-4-8-15(13-27)23-17(28)12-26-11-5-9-16(18(26)29)25-32(30,31)24-14-6-2-1-3-7-14/h5,9,11,13-15,24-25H,1-4,6-8,10,12H2,(H,23,28)(H4,20,21,22). The molecule has 12 nitrogen and oxygen atoms in total. The average molecular weight is 470 g/mol. The number of aldehydes is 1. The zero-order valence-electron chi connectivity index (χ0n) is 17.8. The summed E-state index contributed by atoms with van der Waals surface area (Å²) in [5, 5.41) is 2.52. The number of guanidine groups is 1. The molecule has 1 saturated carbocycles. The maximum absolute atomic E-state index is 12.6. The Labute approximate surface area is 187 Å². The van der Waals surface area contributed by atoms with E-state index in [1.807, 2.05) is 0 Å². The molecule has 32 heavy (non-hydrogen) atoms. The number of aliphatic imine (C=N–C) groups is 1. The molecule has 1 heterocycles. The molecule has 1 aliphatic carbocycles. The minimum absolute atomic E-state index is 0.0551. The first kappa shape index (κ1) is 25.3. The van der Waals surface area contributed by atoms with Crippen LogP contribution in [0.2, 0.25) is 0 Å². The number of nitrogens with zero attached hydrogens (tertiary/aromatic N) is 2. The number of carbonyl (C=O) groups is 2. The van der Waals surface area contributed by atoms with Crippen molar-refractivity contribution in [3.8, 4) is 0 Å². The predicted molar refractivity (Wildman–Crippen MR) is 121 cm³/mol. The average Bonchev–Trinajstić information content (AvgIpc) is 2.73. The largest absolute Gasteiger partial charge is 0.370 e. The Bertz CT molecular complexity index is 967. The Morgan fingerprint density at radius 1 is 1.28 bits per heavy atom. The van der Waals surface area contributed by atoms with E-state index in [2.05, 4.69) is 19.8 Å². The van der Waals surface area contributed by atoms with Crippen LogP contribution in [0, 0.1) is 0 Å². The van der Waals surface area contributed by atoms with Crippen LogP contribution in [0.3, 0.4) is 0 Å². The van der Waals surface area contributed by atoms with Crippen LogP contribution in [-0.4, -0.2) is 49.8 Å². The number of carbonyl (C=O) groups excluding carboxylic acids is 2. The maximum Gasteiger partial charge on any atom is 0.299 e. The smallest absolute Gasteiger partial charge is 0.299 e. The fourth-order valence-corrected chi connectivity index (χ4v) is 4.63. The highest BCUT2D eigenvalue weighted by Crippen LogP contribution is 2.18. The summed E-state index contributed by atoms with van der Waals surface area (Å²) in [5.41, 5.74) is 9.61. The van der Waals surface area contributed by atoms with Crippen molar-refractivity contribution in [2.75, 3.05) is 11.3 Å². The third-order valence-corrected chi connectivity index (χ3v) is 6.12. The number of amides is 1. The van der Waals surface area contributed by atoms with E-state index in [4.69, 9.17) is 11.5 Å². The zero-order chi connectivity index (χ0) is 23.6. The molecule has 1 fully saturated rings. The summed E-state index contributed by atoms with van der Waals surface area (Å²) in [6.07, 6.45) is 7.26. The number of aromatic nitrogens is 1. The normalized spacial score (nSPS) is 15.5. The summed E-state index contributed by atoms with van der Waals surface area (Å²) in [7, 11) is -3.93. The van der Waals surface area contributed by atoms with Gasteiger partial charge in [0.1, 0.15) is 18.5 Å². The Kier molecular flexibility index (Phi) is 9.65. The monoisotopic (exact) mass is 469 g/mol. The van der Waals surface area contributed by atoms with Crippen molar-refractivity contribution >= 4 is 34.0 Å². The van der Waals surface area contributed by atoms with E-state index in [1.165, 1.54) is 18.3 Å². The number of nitrogens with two attached hydrogens (primary N) is 2. The third-order valence-electron chi connectivity index (χ3n) is 4.98. The van der Waals surface area contributed by atoms with Gasteiger partial charge in [0.05, 0.1) is 6.04 Å². The SMILES string of the molecule is NC(N)=NCCCC(C=O)NC(=O)Cn1cccc(NS(=O)(=O)NC2CCCCC2)c1=O. The van der Waals surface area contributed by atoms with Gasteiger partial charge in [-0.25, -0.2) is 0 Å². The lowest BCUT2D eigenvalue weighted by Gasteiger charge is -2.22. The number of pyridine rings is 1. The summed E-state index contributed by atoms with van der Waals surface area (Å²) in [6.45, 7) is -0.0538. The van der Waals surface area contributed by atoms with Gasteiger partial charge in [-0.3, -0.25) is 19.3 Å². The van der Waals surface area contributed by atoms with Gasteiger partial charge >= 0.3 is 0 Å². The molecule has 13 heteroatoms. The quantitative estimate of drug-likeness (QED) is 0.114. The maximum atomic E-state index is 12.6. The van der Waals surface area contributed by atoms with E-state index < -0.39 is 27.7 Å². The van der Waals surface area contributed by atoms with E-state index in [9.17, 15) is 22.8 Å². The molecule has 0 spiro atoms. The van der Waals surface area contributed by atoms with Crippen LogP contribution < -0.4 is 31.8 Å². The van der Waals surface area contributed by atoms with Crippen LogP contribution in [0.15, 0.2) is 28.1 Å². The van der Waals surface area contributed by atoms with Gasteiger partial charge in [0.2, 0.25) is 5.91 Å². The topological polar surface area (TPSA) is 191 Å². The molecule has 0 aromatic carbocycles. The van der Waals surface area contributed by atoms with Crippen LogP contribution in [0.5, 0.6) is 0 Å². The highest BCUT2D eigenvalue weighted by molar-refractivity contribution is 7.90. The van der Waals surface area contributed by atoms with Crippen LogP contribution in [0.25, 0.3) is 0 Å².